The van der Waals surface area contributed by atoms with Crippen molar-refractivity contribution in [3.8, 4) is 0 Å². The van der Waals surface area contributed by atoms with Gasteiger partial charge >= 0.3 is 17.3 Å². The van der Waals surface area contributed by atoms with Gasteiger partial charge in [0.2, 0.25) is 0 Å². The number of hydrogen-bond donors (Lipinski definition) is 1. The van der Waals surface area contributed by atoms with Crippen molar-refractivity contribution in [3.63, 3.8) is 0 Å². The maximum Gasteiger partial charge on any atom is 0.348 e. The van der Waals surface area contributed by atoms with Gasteiger partial charge in [-0.2, -0.15) is 4.98 Å². The first-order valence-corrected chi connectivity index (χ1v) is 5.42. The Labute approximate surface area is 111 Å². The highest BCUT2D eigenvalue weighted by Gasteiger charge is 2.15. The number of carboxylic acids is 1. The average Bonchev–Trinajstić information content (AvgIpc) is 2.73. The predicted molar refractivity (Wildman–Crippen MR) is 64.7 cm³/mol. The van der Waals surface area contributed by atoms with E-state index in [2.05, 4.69) is 4.98 Å². The molecule has 2 heterocycles. The van der Waals surface area contributed by atoms with E-state index < -0.39 is 16.6 Å². The summed E-state index contributed by atoms with van der Waals surface area (Å²) in [7, 11) is 0. The number of carboxylic acid groups (broad SMARTS) is 1. The van der Waals surface area contributed by atoms with Gasteiger partial charge < -0.3 is 9.52 Å². The van der Waals surface area contributed by atoms with Gasteiger partial charge in [-0.05, 0) is 13.0 Å². The summed E-state index contributed by atoms with van der Waals surface area (Å²) < 4.78 is 6.17. The van der Waals surface area contributed by atoms with Crippen LogP contribution in [0.2, 0.25) is 0 Å². The van der Waals surface area contributed by atoms with Crippen molar-refractivity contribution < 1.29 is 19.2 Å². The lowest BCUT2D eigenvalue weighted by atomic mass is 10.2. The molecule has 2 aromatic heterocycles. The lowest BCUT2D eigenvalue weighted by Crippen LogP contribution is -2.22. The molecule has 0 spiro atoms. The van der Waals surface area contributed by atoms with Gasteiger partial charge in [0.25, 0.3) is 0 Å². The number of carbonyl (C=O) groups is 1. The molecule has 0 aliphatic heterocycles. The third-order valence-corrected chi connectivity index (χ3v) is 2.58. The van der Waals surface area contributed by atoms with Crippen molar-refractivity contribution in [2.75, 3.05) is 0 Å². The molecule has 0 amide bonds. The largest absolute Gasteiger partial charge is 0.478 e. The van der Waals surface area contributed by atoms with Gasteiger partial charge in [0.1, 0.15) is 23.3 Å². The molecule has 0 saturated heterocycles. The van der Waals surface area contributed by atoms with E-state index in [0.29, 0.717) is 0 Å². The second-order valence-electron chi connectivity index (χ2n) is 3.97. The topological polar surface area (TPSA) is 128 Å². The molecule has 0 radical (unpaired) electrons. The number of aryl methyl sites for hydroxylation is 1. The van der Waals surface area contributed by atoms with Crippen LogP contribution in [0.1, 0.15) is 21.9 Å². The summed E-state index contributed by atoms with van der Waals surface area (Å²) in [6.07, 6.45) is 1.88. The number of nitro groups is 1. The van der Waals surface area contributed by atoms with Gasteiger partial charge in [0.15, 0.2) is 0 Å². The number of aromatic carboxylic acids is 1. The minimum absolute atomic E-state index is 0.0218. The summed E-state index contributed by atoms with van der Waals surface area (Å²) >= 11 is 0. The lowest BCUT2D eigenvalue weighted by molar-refractivity contribution is -0.385. The first kappa shape index (κ1) is 13.5. The molecule has 0 aliphatic carbocycles. The summed E-state index contributed by atoms with van der Waals surface area (Å²) in [5, 5.41) is 19.5. The van der Waals surface area contributed by atoms with E-state index in [9.17, 15) is 19.7 Å². The zero-order valence-electron chi connectivity index (χ0n) is 10.3. The maximum atomic E-state index is 11.5. The quantitative estimate of drug-likeness (QED) is 0.647. The molecule has 0 aliphatic rings. The number of hydrogen-bond acceptors (Lipinski definition) is 6. The molecule has 9 heteroatoms. The Bertz CT molecular complexity index is 745. The summed E-state index contributed by atoms with van der Waals surface area (Å²) in [6, 6.07) is 1.27. The molecule has 0 saturated carbocycles. The van der Waals surface area contributed by atoms with Crippen molar-refractivity contribution in [1.29, 1.82) is 0 Å². The van der Waals surface area contributed by atoms with Crippen LogP contribution in [0.4, 0.5) is 5.69 Å². The maximum absolute atomic E-state index is 11.5. The van der Waals surface area contributed by atoms with Crippen molar-refractivity contribution in [2.45, 2.75) is 13.5 Å². The Morgan fingerprint density at radius 3 is 2.85 bits per heavy atom. The van der Waals surface area contributed by atoms with Gasteiger partial charge in [-0.15, -0.1) is 0 Å². The Kier molecular flexibility index (Phi) is 3.34. The minimum atomic E-state index is -1.15. The predicted octanol–water partition coefficient (Wildman–Crippen LogP) is 0.799. The lowest BCUT2D eigenvalue weighted by Gasteiger charge is -2.01. The van der Waals surface area contributed by atoms with Crippen LogP contribution in [0.15, 0.2) is 27.7 Å². The summed E-state index contributed by atoms with van der Waals surface area (Å²) in [4.78, 5) is 35.7. The molecular formula is C11H9N3O6. The number of aromatic nitrogens is 2. The van der Waals surface area contributed by atoms with Gasteiger partial charge in [-0.3, -0.25) is 14.7 Å². The van der Waals surface area contributed by atoms with Crippen LogP contribution in [-0.2, 0) is 6.54 Å². The standard InChI is InChI=1S/C11H9N3O6/c1-6-9(10(15)16)2-8(20-6)5-13-4-7(14(18)19)3-12-11(13)17/h2-4H,5H2,1H3,(H,15,16). The highest BCUT2D eigenvalue weighted by Crippen LogP contribution is 2.15. The van der Waals surface area contributed by atoms with Crippen LogP contribution >= 0.6 is 0 Å². The molecule has 1 N–H and O–H groups in total. The zero-order chi connectivity index (χ0) is 14.9. The molecule has 0 atom stereocenters. The zero-order valence-corrected chi connectivity index (χ0v) is 10.3. The van der Waals surface area contributed by atoms with Crippen molar-refractivity contribution >= 4 is 11.7 Å². The highest BCUT2D eigenvalue weighted by atomic mass is 16.6. The molecule has 20 heavy (non-hydrogen) atoms. The van der Waals surface area contributed by atoms with E-state index in [1.54, 1.807) is 0 Å². The number of furan rings is 1. The second-order valence-corrected chi connectivity index (χ2v) is 3.97. The molecule has 2 aromatic rings. The fraction of sp³-hybridized carbons (Fsp3) is 0.182. The molecule has 0 bridgehead atoms. The molecular weight excluding hydrogens is 270 g/mol. The summed E-state index contributed by atoms with van der Waals surface area (Å²) in [5.74, 6) is -0.759. The summed E-state index contributed by atoms with van der Waals surface area (Å²) in [6.45, 7) is 1.34. The molecule has 104 valence electrons. The Hall–Kier alpha value is -2.97. The van der Waals surface area contributed by atoms with E-state index in [0.717, 1.165) is 17.0 Å². The SMILES string of the molecule is Cc1oc(Cn2cc([N+](=O)[O-])cnc2=O)cc1C(=O)O. The monoisotopic (exact) mass is 279 g/mol. The fourth-order valence-corrected chi connectivity index (χ4v) is 1.65. The van der Waals surface area contributed by atoms with Crippen LogP contribution in [0.3, 0.4) is 0 Å². The average molecular weight is 279 g/mol. The minimum Gasteiger partial charge on any atom is -0.478 e. The van der Waals surface area contributed by atoms with Crippen LogP contribution in [0, 0.1) is 17.0 Å². The fourth-order valence-electron chi connectivity index (χ4n) is 1.65. The van der Waals surface area contributed by atoms with E-state index in [1.165, 1.54) is 13.0 Å². The third-order valence-electron chi connectivity index (χ3n) is 2.58. The van der Waals surface area contributed by atoms with Crippen LogP contribution in [-0.4, -0.2) is 25.6 Å². The van der Waals surface area contributed by atoms with Crippen molar-refractivity contribution in [3.05, 3.63) is 56.1 Å². The normalized spacial score (nSPS) is 10.4. The van der Waals surface area contributed by atoms with Crippen LogP contribution in [0.5, 0.6) is 0 Å². The Morgan fingerprint density at radius 1 is 1.60 bits per heavy atom. The van der Waals surface area contributed by atoms with Crippen LogP contribution < -0.4 is 5.69 Å². The summed E-state index contributed by atoms with van der Waals surface area (Å²) in [5.41, 5.74) is -1.06. The molecule has 0 aromatic carbocycles. The van der Waals surface area contributed by atoms with Crippen molar-refractivity contribution in [1.82, 2.24) is 9.55 Å². The van der Waals surface area contributed by atoms with E-state index in [1.807, 2.05) is 0 Å². The molecule has 0 fully saturated rings. The van der Waals surface area contributed by atoms with Gasteiger partial charge in [0.05, 0.1) is 17.7 Å². The van der Waals surface area contributed by atoms with Gasteiger partial charge in [0, 0.05) is 0 Å². The second kappa shape index (κ2) is 4.96. The first-order valence-electron chi connectivity index (χ1n) is 5.42. The molecule has 9 nitrogen and oxygen atoms in total. The van der Waals surface area contributed by atoms with Crippen molar-refractivity contribution in [2.24, 2.45) is 0 Å². The van der Waals surface area contributed by atoms with E-state index >= 15 is 0 Å². The smallest absolute Gasteiger partial charge is 0.348 e. The van der Waals surface area contributed by atoms with Gasteiger partial charge in [-0.1, -0.05) is 0 Å². The van der Waals surface area contributed by atoms with Crippen LogP contribution in [0.25, 0.3) is 0 Å². The van der Waals surface area contributed by atoms with E-state index in [4.69, 9.17) is 9.52 Å². The Balaban J connectivity index is 2.37. The highest BCUT2D eigenvalue weighted by molar-refractivity contribution is 5.88. The number of nitrogens with zero attached hydrogens (tertiary/aromatic N) is 3. The Morgan fingerprint density at radius 2 is 2.30 bits per heavy atom. The molecule has 2 rings (SSSR count). The molecule has 0 unspecified atom stereocenters. The first-order chi connectivity index (χ1) is 9.38. The van der Waals surface area contributed by atoms with Gasteiger partial charge in [-0.25, -0.2) is 9.59 Å². The number of rotatable bonds is 4. The third kappa shape index (κ3) is 2.55. The van der Waals surface area contributed by atoms with E-state index in [-0.39, 0.29) is 29.3 Å².